The van der Waals surface area contributed by atoms with Gasteiger partial charge in [0.25, 0.3) is 0 Å². The number of hydrogen-bond acceptors (Lipinski definition) is 3. The third-order valence-electron chi connectivity index (χ3n) is 3.58. The van der Waals surface area contributed by atoms with Crippen molar-refractivity contribution in [2.45, 2.75) is 32.1 Å². The predicted molar refractivity (Wildman–Crippen MR) is 74.1 cm³/mol. The van der Waals surface area contributed by atoms with Crippen molar-refractivity contribution in [3.05, 3.63) is 22.4 Å². The Bertz CT molecular complexity index is 364. The number of carbonyl (C=O) groups is 1. The molecule has 0 saturated carbocycles. The van der Waals surface area contributed by atoms with Gasteiger partial charge in [-0.3, -0.25) is 4.79 Å². The van der Waals surface area contributed by atoms with Gasteiger partial charge in [0, 0.05) is 11.4 Å². The normalized spacial score (nSPS) is 21.0. The lowest BCUT2D eigenvalue weighted by Gasteiger charge is -2.30. The van der Waals surface area contributed by atoms with Crippen LogP contribution in [0.4, 0.5) is 0 Å². The van der Waals surface area contributed by atoms with Crippen LogP contribution in [0.1, 0.15) is 30.6 Å². The first-order chi connectivity index (χ1) is 8.75. The van der Waals surface area contributed by atoms with Gasteiger partial charge in [-0.15, -0.1) is 11.3 Å². The van der Waals surface area contributed by atoms with Crippen LogP contribution >= 0.6 is 11.3 Å². The highest BCUT2D eigenvalue weighted by Gasteiger charge is 2.24. The maximum absolute atomic E-state index is 11.0. The molecular formula is C14H21NO2S. The molecular weight excluding hydrogens is 246 g/mol. The highest BCUT2D eigenvalue weighted by atomic mass is 32.1. The van der Waals surface area contributed by atoms with Crippen molar-refractivity contribution in [3.8, 4) is 0 Å². The van der Waals surface area contributed by atoms with Crippen molar-refractivity contribution in [1.82, 2.24) is 4.90 Å². The van der Waals surface area contributed by atoms with E-state index in [9.17, 15) is 4.79 Å². The zero-order valence-corrected chi connectivity index (χ0v) is 11.5. The molecule has 2 heterocycles. The van der Waals surface area contributed by atoms with Crippen molar-refractivity contribution in [1.29, 1.82) is 0 Å². The molecule has 0 aliphatic carbocycles. The molecule has 2 rings (SSSR count). The van der Waals surface area contributed by atoms with Crippen LogP contribution in [0.2, 0.25) is 0 Å². The lowest BCUT2D eigenvalue weighted by molar-refractivity contribution is -0.143. The third-order valence-corrected chi connectivity index (χ3v) is 4.52. The zero-order chi connectivity index (χ0) is 12.8. The maximum atomic E-state index is 11.0. The van der Waals surface area contributed by atoms with Gasteiger partial charge in [0.15, 0.2) is 0 Å². The van der Waals surface area contributed by atoms with E-state index in [1.165, 1.54) is 17.7 Å². The summed E-state index contributed by atoms with van der Waals surface area (Å²) in [5.74, 6) is -0.769. The Morgan fingerprint density at radius 2 is 2.39 bits per heavy atom. The number of carboxylic acid groups (broad SMARTS) is 1. The number of nitrogens with zero attached hydrogens (tertiary/aromatic N) is 1. The molecule has 1 aliphatic rings. The number of rotatable bonds is 6. The van der Waals surface area contributed by atoms with Crippen molar-refractivity contribution in [2.75, 3.05) is 19.6 Å². The van der Waals surface area contributed by atoms with Crippen LogP contribution in [0, 0.1) is 5.92 Å². The fourth-order valence-electron chi connectivity index (χ4n) is 2.55. The zero-order valence-electron chi connectivity index (χ0n) is 10.7. The number of aliphatic carboxylic acids is 1. The van der Waals surface area contributed by atoms with Gasteiger partial charge in [-0.1, -0.05) is 6.07 Å². The van der Waals surface area contributed by atoms with E-state index < -0.39 is 5.97 Å². The first-order valence-electron chi connectivity index (χ1n) is 6.73. The van der Waals surface area contributed by atoms with Crippen molar-refractivity contribution in [3.63, 3.8) is 0 Å². The van der Waals surface area contributed by atoms with E-state index in [0.29, 0.717) is 0 Å². The van der Waals surface area contributed by atoms with Gasteiger partial charge in [0.2, 0.25) is 0 Å². The van der Waals surface area contributed by atoms with Crippen LogP contribution < -0.4 is 0 Å². The minimum Gasteiger partial charge on any atom is -0.481 e. The van der Waals surface area contributed by atoms with Gasteiger partial charge in [-0.05, 0) is 56.6 Å². The molecule has 1 atom stereocenters. The Hall–Kier alpha value is -0.870. The van der Waals surface area contributed by atoms with E-state index in [-0.39, 0.29) is 5.92 Å². The number of hydrogen-bond donors (Lipinski definition) is 1. The molecule has 0 radical (unpaired) electrons. The summed E-state index contributed by atoms with van der Waals surface area (Å²) >= 11 is 1.82. The van der Waals surface area contributed by atoms with Crippen LogP contribution in [0.5, 0.6) is 0 Å². The highest BCUT2D eigenvalue weighted by molar-refractivity contribution is 7.09. The van der Waals surface area contributed by atoms with E-state index in [2.05, 4.69) is 22.4 Å². The minimum atomic E-state index is -0.627. The molecule has 1 aliphatic heterocycles. The molecule has 1 saturated heterocycles. The average Bonchev–Trinajstić information content (AvgIpc) is 2.88. The van der Waals surface area contributed by atoms with Crippen molar-refractivity contribution in [2.24, 2.45) is 5.92 Å². The minimum absolute atomic E-state index is 0.143. The number of likely N-dealkylation sites (tertiary alicyclic amines) is 1. The number of unbranched alkanes of at least 4 members (excludes halogenated alkanes) is 1. The molecule has 3 nitrogen and oxygen atoms in total. The molecule has 0 aromatic carbocycles. The monoisotopic (exact) mass is 267 g/mol. The molecule has 0 amide bonds. The first-order valence-corrected chi connectivity index (χ1v) is 7.61. The lowest BCUT2D eigenvalue weighted by atomic mass is 9.98. The standard InChI is InChI=1S/C14H21NO2S/c16-14(17)12-5-3-9-15(11-12)8-2-1-6-13-7-4-10-18-13/h4,7,10,12H,1-3,5-6,8-9,11H2,(H,16,17). The second-order valence-electron chi connectivity index (χ2n) is 5.01. The molecule has 0 spiro atoms. The average molecular weight is 267 g/mol. The lowest BCUT2D eigenvalue weighted by Crippen LogP contribution is -2.39. The molecule has 1 aromatic heterocycles. The number of carboxylic acids is 1. The first kappa shape index (κ1) is 13.6. The van der Waals surface area contributed by atoms with E-state index >= 15 is 0 Å². The Balaban J connectivity index is 1.62. The molecule has 4 heteroatoms. The van der Waals surface area contributed by atoms with Crippen LogP contribution in [0.25, 0.3) is 0 Å². The summed E-state index contributed by atoms with van der Waals surface area (Å²) in [7, 11) is 0. The summed E-state index contributed by atoms with van der Waals surface area (Å²) in [6.45, 7) is 2.87. The topological polar surface area (TPSA) is 40.5 Å². The van der Waals surface area contributed by atoms with Crippen LogP contribution in [-0.2, 0) is 11.2 Å². The third kappa shape index (κ3) is 4.10. The Labute approximate surface area is 112 Å². The second kappa shape index (κ2) is 6.90. The molecule has 1 fully saturated rings. The molecule has 100 valence electrons. The van der Waals surface area contributed by atoms with Gasteiger partial charge in [0.1, 0.15) is 0 Å². The van der Waals surface area contributed by atoms with E-state index in [1.54, 1.807) is 0 Å². The van der Waals surface area contributed by atoms with E-state index in [4.69, 9.17) is 5.11 Å². The SMILES string of the molecule is O=C(O)C1CCCN(CCCCc2cccs2)C1. The molecule has 18 heavy (non-hydrogen) atoms. The largest absolute Gasteiger partial charge is 0.481 e. The predicted octanol–water partition coefficient (Wildman–Crippen LogP) is 2.87. The van der Waals surface area contributed by atoms with Crippen LogP contribution in [-0.4, -0.2) is 35.6 Å². The Morgan fingerprint density at radius 3 is 3.11 bits per heavy atom. The summed E-state index contributed by atoms with van der Waals surface area (Å²) in [6, 6.07) is 4.29. The molecule has 1 aromatic rings. The van der Waals surface area contributed by atoms with Crippen LogP contribution in [0.15, 0.2) is 17.5 Å². The smallest absolute Gasteiger partial charge is 0.307 e. The summed E-state index contributed by atoms with van der Waals surface area (Å²) in [5.41, 5.74) is 0. The van der Waals surface area contributed by atoms with Gasteiger partial charge >= 0.3 is 5.97 Å². The van der Waals surface area contributed by atoms with Crippen molar-refractivity contribution < 1.29 is 9.90 Å². The summed E-state index contributed by atoms with van der Waals surface area (Å²) in [5, 5.41) is 11.1. The molecule has 1 unspecified atom stereocenters. The summed E-state index contributed by atoms with van der Waals surface area (Å²) in [6.07, 6.45) is 5.41. The number of thiophene rings is 1. The van der Waals surface area contributed by atoms with E-state index in [0.717, 1.165) is 38.9 Å². The van der Waals surface area contributed by atoms with E-state index in [1.807, 2.05) is 11.3 Å². The highest BCUT2D eigenvalue weighted by Crippen LogP contribution is 2.17. The molecule has 0 bridgehead atoms. The Kier molecular flexibility index (Phi) is 5.20. The van der Waals surface area contributed by atoms with Gasteiger partial charge in [0.05, 0.1) is 5.92 Å². The Morgan fingerprint density at radius 1 is 1.50 bits per heavy atom. The summed E-state index contributed by atoms with van der Waals surface area (Å²) in [4.78, 5) is 14.7. The summed E-state index contributed by atoms with van der Waals surface area (Å²) < 4.78 is 0. The fourth-order valence-corrected chi connectivity index (χ4v) is 3.30. The van der Waals surface area contributed by atoms with Gasteiger partial charge < -0.3 is 10.0 Å². The maximum Gasteiger partial charge on any atom is 0.307 e. The number of aryl methyl sites for hydroxylation is 1. The van der Waals surface area contributed by atoms with Crippen molar-refractivity contribution >= 4 is 17.3 Å². The number of piperidine rings is 1. The quantitative estimate of drug-likeness (QED) is 0.806. The van der Waals surface area contributed by atoms with Gasteiger partial charge in [-0.2, -0.15) is 0 Å². The fraction of sp³-hybridized carbons (Fsp3) is 0.643. The molecule has 1 N–H and O–H groups in total. The second-order valence-corrected chi connectivity index (χ2v) is 6.05. The van der Waals surface area contributed by atoms with Crippen LogP contribution in [0.3, 0.4) is 0 Å². The van der Waals surface area contributed by atoms with Gasteiger partial charge in [-0.25, -0.2) is 0 Å².